The van der Waals surface area contributed by atoms with Crippen molar-refractivity contribution in [1.29, 1.82) is 5.41 Å². The summed E-state index contributed by atoms with van der Waals surface area (Å²) in [5.74, 6) is 2.07. The highest BCUT2D eigenvalue weighted by atomic mass is 32.2. The summed E-state index contributed by atoms with van der Waals surface area (Å²) < 4.78 is 16.6. The number of amidine groups is 2. The predicted molar refractivity (Wildman–Crippen MR) is 126 cm³/mol. The number of nitrogens with zero attached hydrogens (tertiary/aromatic N) is 2. The molecule has 7 nitrogen and oxygen atoms in total. The molecule has 0 saturated carbocycles. The monoisotopic (exact) mass is 449 g/mol. The Balaban J connectivity index is 1.28. The molecule has 4 rings (SSSR count). The highest BCUT2D eigenvalue weighted by Gasteiger charge is 2.32. The van der Waals surface area contributed by atoms with E-state index in [1.54, 1.807) is 18.1 Å². The number of hydrogen-bond donors (Lipinski definition) is 1. The molecule has 0 aliphatic carbocycles. The van der Waals surface area contributed by atoms with Gasteiger partial charge < -0.3 is 14.2 Å². The standard InChI is InChI=1S/C24H23N3O4S/c1-16-15-27-22(25)21(23(28)26-24(27)32-16)14-17-4-6-19(7-5-17)30-12-3-13-31-20-10-8-18(29-2)9-11-20/h4-11,14-15,25H,3,12-13H2,1-2H3/b21-14-,25-22?. The van der Waals surface area contributed by atoms with Crippen LogP contribution in [0.5, 0.6) is 17.2 Å². The number of thioether (sulfide) groups is 1. The minimum absolute atomic E-state index is 0.140. The van der Waals surface area contributed by atoms with Gasteiger partial charge in [-0.15, -0.1) is 0 Å². The van der Waals surface area contributed by atoms with Crippen LogP contribution in [0.15, 0.2) is 70.2 Å². The fourth-order valence-electron chi connectivity index (χ4n) is 3.14. The third-order valence-corrected chi connectivity index (χ3v) is 5.67. The van der Waals surface area contributed by atoms with E-state index in [2.05, 4.69) is 4.99 Å². The van der Waals surface area contributed by atoms with Gasteiger partial charge in [-0.25, -0.2) is 0 Å². The number of amides is 1. The number of ether oxygens (including phenoxy) is 3. The van der Waals surface area contributed by atoms with Crippen molar-refractivity contribution < 1.29 is 19.0 Å². The molecule has 2 aromatic carbocycles. The summed E-state index contributed by atoms with van der Waals surface area (Å²) in [5.41, 5.74) is 1.07. The van der Waals surface area contributed by atoms with Crippen LogP contribution in [0.4, 0.5) is 0 Å². The van der Waals surface area contributed by atoms with E-state index >= 15 is 0 Å². The van der Waals surface area contributed by atoms with E-state index in [4.69, 9.17) is 19.6 Å². The molecule has 32 heavy (non-hydrogen) atoms. The van der Waals surface area contributed by atoms with Crippen molar-refractivity contribution in [2.45, 2.75) is 13.3 Å². The number of nitrogens with one attached hydrogen (secondary N) is 1. The highest BCUT2D eigenvalue weighted by molar-refractivity contribution is 8.17. The molecular weight excluding hydrogens is 426 g/mol. The second kappa shape index (κ2) is 9.74. The predicted octanol–water partition coefficient (Wildman–Crippen LogP) is 4.71. The molecule has 8 heteroatoms. The van der Waals surface area contributed by atoms with Gasteiger partial charge in [-0.2, -0.15) is 4.99 Å². The van der Waals surface area contributed by atoms with Crippen LogP contribution in [0, 0.1) is 5.41 Å². The first-order valence-electron chi connectivity index (χ1n) is 10.1. The van der Waals surface area contributed by atoms with Gasteiger partial charge in [0.25, 0.3) is 5.91 Å². The minimum Gasteiger partial charge on any atom is -0.497 e. The molecule has 2 aliphatic heterocycles. The quantitative estimate of drug-likeness (QED) is 0.464. The van der Waals surface area contributed by atoms with Gasteiger partial charge in [0.05, 0.1) is 25.9 Å². The third-order valence-electron chi connectivity index (χ3n) is 4.77. The first-order chi connectivity index (χ1) is 15.5. The molecule has 0 fully saturated rings. The van der Waals surface area contributed by atoms with Crippen LogP contribution < -0.4 is 14.2 Å². The Bertz CT molecular complexity index is 1110. The zero-order valence-electron chi connectivity index (χ0n) is 17.8. The summed E-state index contributed by atoms with van der Waals surface area (Å²) in [6, 6.07) is 14.9. The fourth-order valence-corrected chi connectivity index (χ4v) is 3.96. The summed E-state index contributed by atoms with van der Waals surface area (Å²) in [4.78, 5) is 19.1. The van der Waals surface area contributed by atoms with Crippen LogP contribution in [0.25, 0.3) is 6.08 Å². The smallest absolute Gasteiger partial charge is 0.283 e. The van der Waals surface area contributed by atoms with Crippen LogP contribution in [0.3, 0.4) is 0 Å². The third kappa shape index (κ3) is 5.03. The van der Waals surface area contributed by atoms with E-state index < -0.39 is 5.91 Å². The highest BCUT2D eigenvalue weighted by Crippen LogP contribution is 2.32. The summed E-state index contributed by atoms with van der Waals surface area (Å²) in [6.07, 6.45) is 4.25. The van der Waals surface area contributed by atoms with Crippen LogP contribution in [-0.4, -0.2) is 42.1 Å². The fraction of sp³-hybridized carbons (Fsp3) is 0.208. The lowest BCUT2D eigenvalue weighted by Crippen LogP contribution is -2.35. The van der Waals surface area contributed by atoms with Gasteiger partial charge in [0.1, 0.15) is 23.1 Å². The molecule has 2 aliphatic rings. The maximum Gasteiger partial charge on any atom is 0.283 e. The lowest BCUT2D eigenvalue weighted by molar-refractivity contribution is -0.114. The number of carbonyl (C=O) groups is 1. The molecule has 0 aromatic heterocycles. The Morgan fingerprint density at radius 2 is 1.59 bits per heavy atom. The van der Waals surface area contributed by atoms with Gasteiger partial charge in [-0.3, -0.25) is 15.1 Å². The average molecular weight is 450 g/mol. The number of benzene rings is 2. The zero-order valence-corrected chi connectivity index (χ0v) is 18.6. The molecule has 164 valence electrons. The maximum absolute atomic E-state index is 12.4. The molecule has 0 bridgehead atoms. The number of hydrogen-bond acceptors (Lipinski definition) is 6. The Hall–Kier alpha value is -3.52. The van der Waals surface area contributed by atoms with Gasteiger partial charge >= 0.3 is 0 Å². The Labute approximate surface area is 190 Å². The molecule has 2 aromatic rings. The van der Waals surface area contributed by atoms with Crippen LogP contribution in [0.1, 0.15) is 18.9 Å². The first kappa shape index (κ1) is 21.7. The molecule has 0 unspecified atom stereocenters. The van der Waals surface area contributed by atoms with Crippen LogP contribution in [0.2, 0.25) is 0 Å². The van der Waals surface area contributed by atoms with Crippen molar-refractivity contribution in [1.82, 2.24) is 4.90 Å². The molecule has 0 atom stereocenters. The molecule has 1 N–H and O–H groups in total. The topological polar surface area (TPSA) is 84.2 Å². The summed E-state index contributed by atoms with van der Waals surface area (Å²) in [7, 11) is 1.63. The SMILES string of the molecule is COc1ccc(OCCCOc2ccc(/C=C3/C(=N)N4C=C(C)SC4=NC3=O)cc2)cc1. The molecule has 1 amide bonds. The number of methoxy groups -OCH3 is 1. The number of fused-ring (bicyclic) bond motifs is 1. The van der Waals surface area contributed by atoms with Gasteiger partial charge in [0, 0.05) is 17.5 Å². The first-order valence-corrected chi connectivity index (χ1v) is 10.9. The number of carbonyl (C=O) groups excluding carboxylic acids is 1. The average Bonchev–Trinajstić information content (AvgIpc) is 3.18. The normalized spacial score (nSPS) is 16.6. The Morgan fingerprint density at radius 1 is 1.00 bits per heavy atom. The number of rotatable bonds is 8. The molecule has 0 spiro atoms. The van der Waals surface area contributed by atoms with E-state index in [1.807, 2.05) is 61.7 Å². The van der Waals surface area contributed by atoms with Crippen molar-refractivity contribution in [3.63, 3.8) is 0 Å². The molecule has 0 saturated heterocycles. The van der Waals surface area contributed by atoms with E-state index in [0.717, 1.165) is 34.1 Å². The number of allylic oxidation sites excluding steroid dienone is 1. The largest absolute Gasteiger partial charge is 0.497 e. The second-order valence-electron chi connectivity index (χ2n) is 7.11. The molecular formula is C24H23N3O4S. The molecule has 2 heterocycles. The summed E-state index contributed by atoms with van der Waals surface area (Å²) in [5, 5.41) is 8.89. The summed E-state index contributed by atoms with van der Waals surface area (Å²) >= 11 is 1.40. The maximum atomic E-state index is 12.4. The zero-order chi connectivity index (χ0) is 22.5. The van der Waals surface area contributed by atoms with Gasteiger partial charge in [0.15, 0.2) is 5.17 Å². The van der Waals surface area contributed by atoms with Crippen molar-refractivity contribution in [2.24, 2.45) is 4.99 Å². The van der Waals surface area contributed by atoms with E-state index in [0.29, 0.717) is 18.4 Å². The van der Waals surface area contributed by atoms with Crippen molar-refractivity contribution in [2.75, 3.05) is 20.3 Å². The van der Waals surface area contributed by atoms with E-state index in [-0.39, 0.29) is 11.4 Å². The lowest BCUT2D eigenvalue weighted by atomic mass is 10.1. The number of aliphatic imine (C=N–C) groups is 1. The Morgan fingerprint density at radius 3 is 2.22 bits per heavy atom. The second-order valence-corrected chi connectivity index (χ2v) is 8.33. The molecule has 0 radical (unpaired) electrons. The lowest BCUT2D eigenvalue weighted by Gasteiger charge is -2.22. The van der Waals surface area contributed by atoms with Crippen molar-refractivity contribution in [3.05, 3.63) is 70.8 Å². The van der Waals surface area contributed by atoms with E-state index in [9.17, 15) is 4.79 Å². The van der Waals surface area contributed by atoms with Crippen molar-refractivity contribution >= 4 is 34.7 Å². The van der Waals surface area contributed by atoms with Gasteiger partial charge in [0.2, 0.25) is 0 Å². The van der Waals surface area contributed by atoms with Crippen molar-refractivity contribution in [3.8, 4) is 17.2 Å². The summed E-state index contributed by atoms with van der Waals surface area (Å²) in [6.45, 7) is 3.00. The van der Waals surface area contributed by atoms with Gasteiger partial charge in [-0.1, -0.05) is 23.9 Å². The van der Waals surface area contributed by atoms with Crippen LogP contribution in [-0.2, 0) is 4.79 Å². The van der Waals surface area contributed by atoms with Gasteiger partial charge in [-0.05, 0) is 55.0 Å². The minimum atomic E-state index is -0.394. The Kier molecular flexibility index (Phi) is 6.61. The van der Waals surface area contributed by atoms with Crippen LogP contribution >= 0.6 is 11.8 Å². The van der Waals surface area contributed by atoms with E-state index in [1.165, 1.54) is 11.8 Å².